The van der Waals surface area contributed by atoms with E-state index in [0.29, 0.717) is 34.2 Å². The number of carbonyl (C=O) groups is 1. The van der Waals surface area contributed by atoms with Gasteiger partial charge in [-0.15, -0.1) is 0 Å². The Hall–Kier alpha value is -0.990. The van der Waals surface area contributed by atoms with Crippen LogP contribution in [-0.4, -0.2) is 12.6 Å². The summed E-state index contributed by atoms with van der Waals surface area (Å²) in [5.41, 5.74) is 1.29. The van der Waals surface area contributed by atoms with Gasteiger partial charge in [0.25, 0.3) is 0 Å². The monoisotopic (exact) mass is 242 g/mol. The van der Waals surface area contributed by atoms with E-state index in [9.17, 15) is 4.79 Å². The number of halogens is 2. The van der Waals surface area contributed by atoms with Crippen molar-refractivity contribution in [3.05, 3.63) is 39.4 Å². The van der Waals surface area contributed by atoms with Gasteiger partial charge in [0.05, 0.1) is 6.61 Å². The fourth-order valence-corrected chi connectivity index (χ4v) is 1.91. The lowest BCUT2D eigenvalue weighted by molar-refractivity contribution is -0.134. The molecule has 1 aliphatic heterocycles. The maximum absolute atomic E-state index is 11.2. The molecule has 0 aliphatic carbocycles. The molecule has 0 unspecified atom stereocenters. The Kier molecular flexibility index (Phi) is 2.98. The molecule has 1 saturated heterocycles. The second-order valence-electron chi connectivity index (χ2n) is 3.19. The van der Waals surface area contributed by atoms with Crippen LogP contribution < -0.4 is 0 Å². The highest BCUT2D eigenvalue weighted by Gasteiger charge is 2.19. The van der Waals surface area contributed by atoms with E-state index < -0.39 is 0 Å². The lowest BCUT2D eigenvalue weighted by Crippen LogP contribution is -1.94. The Morgan fingerprint density at radius 2 is 1.93 bits per heavy atom. The average Bonchev–Trinajstić information content (AvgIpc) is 2.58. The van der Waals surface area contributed by atoms with Gasteiger partial charge in [-0.25, -0.2) is 4.79 Å². The molecule has 1 fully saturated rings. The second-order valence-corrected chi connectivity index (χ2v) is 4.01. The van der Waals surface area contributed by atoms with E-state index in [1.165, 1.54) is 0 Å². The molecule has 4 heteroatoms. The third-order valence-electron chi connectivity index (χ3n) is 2.19. The third-order valence-corrected chi connectivity index (χ3v) is 2.84. The van der Waals surface area contributed by atoms with Crippen molar-refractivity contribution in [2.75, 3.05) is 6.61 Å². The molecular weight excluding hydrogens is 235 g/mol. The molecule has 0 N–H and O–H groups in total. The van der Waals surface area contributed by atoms with Gasteiger partial charge in [-0.2, -0.15) is 0 Å². The van der Waals surface area contributed by atoms with Crippen LogP contribution in [0.5, 0.6) is 0 Å². The van der Waals surface area contributed by atoms with Crippen LogP contribution in [0, 0.1) is 0 Å². The first-order chi connectivity index (χ1) is 7.18. The Labute approximate surface area is 97.4 Å². The average molecular weight is 243 g/mol. The van der Waals surface area contributed by atoms with E-state index in [2.05, 4.69) is 0 Å². The SMILES string of the molecule is O=C1OCCC1=Cc1c(Cl)cccc1Cl. The summed E-state index contributed by atoms with van der Waals surface area (Å²) in [6.45, 7) is 0.437. The van der Waals surface area contributed by atoms with Crippen molar-refractivity contribution < 1.29 is 9.53 Å². The van der Waals surface area contributed by atoms with E-state index in [0.717, 1.165) is 0 Å². The van der Waals surface area contributed by atoms with Crippen LogP contribution in [0.15, 0.2) is 23.8 Å². The highest BCUT2D eigenvalue weighted by atomic mass is 35.5. The first kappa shape index (κ1) is 10.5. The van der Waals surface area contributed by atoms with Gasteiger partial charge in [0.2, 0.25) is 0 Å². The van der Waals surface area contributed by atoms with Crippen LogP contribution >= 0.6 is 23.2 Å². The predicted octanol–water partition coefficient (Wildman–Crippen LogP) is 3.32. The quantitative estimate of drug-likeness (QED) is 0.558. The minimum absolute atomic E-state index is 0.286. The summed E-state index contributed by atoms with van der Waals surface area (Å²) in [5.74, 6) is -0.286. The fourth-order valence-electron chi connectivity index (χ4n) is 1.40. The third kappa shape index (κ3) is 2.16. The van der Waals surface area contributed by atoms with Crippen molar-refractivity contribution in [3.8, 4) is 0 Å². The smallest absolute Gasteiger partial charge is 0.334 e. The normalized spacial score (nSPS) is 18.3. The number of esters is 1. The van der Waals surface area contributed by atoms with Crippen molar-refractivity contribution in [2.45, 2.75) is 6.42 Å². The zero-order valence-corrected chi connectivity index (χ0v) is 9.31. The number of benzene rings is 1. The molecule has 0 amide bonds. The number of hydrogen-bond donors (Lipinski definition) is 0. The minimum atomic E-state index is -0.286. The van der Waals surface area contributed by atoms with Crippen LogP contribution in [0.3, 0.4) is 0 Å². The Balaban J connectivity index is 2.42. The van der Waals surface area contributed by atoms with Crippen LogP contribution in [0.1, 0.15) is 12.0 Å². The van der Waals surface area contributed by atoms with Gasteiger partial charge < -0.3 is 4.74 Å². The molecule has 0 saturated carbocycles. The van der Waals surface area contributed by atoms with Gasteiger partial charge in [-0.3, -0.25) is 0 Å². The summed E-state index contributed by atoms with van der Waals surface area (Å²) >= 11 is 11.9. The molecule has 1 aromatic carbocycles. The largest absolute Gasteiger partial charge is 0.462 e. The molecule has 0 radical (unpaired) electrons. The highest BCUT2D eigenvalue weighted by molar-refractivity contribution is 6.37. The highest BCUT2D eigenvalue weighted by Crippen LogP contribution is 2.28. The molecule has 0 bridgehead atoms. The number of ether oxygens (including phenoxy) is 1. The molecule has 1 heterocycles. The van der Waals surface area contributed by atoms with Gasteiger partial charge in [-0.05, 0) is 18.2 Å². The fraction of sp³-hybridized carbons (Fsp3) is 0.182. The Morgan fingerprint density at radius 1 is 1.27 bits per heavy atom. The molecule has 0 aromatic heterocycles. The summed E-state index contributed by atoms with van der Waals surface area (Å²) in [7, 11) is 0. The maximum atomic E-state index is 11.2. The number of carbonyl (C=O) groups excluding carboxylic acids is 1. The molecule has 1 aliphatic rings. The van der Waals surface area contributed by atoms with E-state index in [1.807, 2.05) is 0 Å². The van der Waals surface area contributed by atoms with Crippen LogP contribution in [0.25, 0.3) is 6.08 Å². The molecule has 2 rings (SSSR count). The topological polar surface area (TPSA) is 26.3 Å². The molecule has 2 nitrogen and oxygen atoms in total. The number of cyclic esters (lactones) is 1. The first-order valence-electron chi connectivity index (χ1n) is 4.50. The van der Waals surface area contributed by atoms with Gasteiger partial charge in [-0.1, -0.05) is 29.3 Å². The van der Waals surface area contributed by atoms with Crippen molar-refractivity contribution in [3.63, 3.8) is 0 Å². The van der Waals surface area contributed by atoms with Crippen LogP contribution in [0.4, 0.5) is 0 Å². The molecular formula is C11H8Cl2O2. The summed E-state index contributed by atoms with van der Waals surface area (Å²) < 4.78 is 4.82. The summed E-state index contributed by atoms with van der Waals surface area (Å²) in [4.78, 5) is 11.2. The number of rotatable bonds is 1. The number of hydrogen-bond acceptors (Lipinski definition) is 2. The summed E-state index contributed by atoms with van der Waals surface area (Å²) in [6.07, 6.45) is 2.31. The minimum Gasteiger partial charge on any atom is -0.462 e. The van der Waals surface area contributed by atoms with Crippen LogP contribution in [0.2, 0.25) is 10.0 Å². The standard InChI is InChI=1S/C11H8Cl2O2/c12-9-2-1-3-10(13)8(9)6-7-4-5-15-11(7)14/h1-3,6H,4-5H2. The zero-order valence-electron chi connectivity index (χ0n) is 7.80. The van der Waals surface area contributed by atoms with E-state index >= 15 is 0 Å². The Morgan fingerprint density at radius 3 is 2.47 bits per heavy atom. The van der Waals surface area contributed by atoms with E-state index in [-0.39, 0.29) is 5.97 Å². The Bertz CT molecular complexity index is 418. The van der Waals surface area contributed by atoms with Crippen molar-refractivity contribution in [1.82, 2.24) is 0 Å². The summed E-state index contributed by atoms with van der Waals surface area (Å²) in [5, 5.41) is 1.07. The van der Waals surface area contributed by atoms with Gasteiger partial charge in [0, 0.05) is 27.6 Å². The van der Waals surface area contributed by atoms with Gasteiger partial charge in [0.15, 0.2) is 0 Å². The van der Waals surface area contributed by atoms with E-state index in [1.54, 1.807) is 24.3 Å². The van der Waals surface area contributed by atoms with Gasteiger partial charge in [0.1, 0.15) is 0 Å². The maximum Gasteiger partial charge on any atom is 0.334 e. The van der Waals surface area contributed by atoms with E-state index in [4.69, 9.17) is 27.9 Å². The lowest BCUT2D eigenvalue weighted by atomic mass is 10.1. The first-order valence-corrected chi connectivity index (χ1v) is 5.26. The molecule has 15 heavy (non-hydrogen) atoms. The zero-order chi connectivity index (χ0) is 10.8. The van der Waals surface area contributed by atoms with Crippen molar-refractivity contribution in [1.29, 1.82) is 0 Å². The summed E-state index contributed by atoms with van der Waals surface area (Å²) in [6, 6.07) is 5.24. The molecule has 0 atom stereocenters. The van der Waals surface area contributed by atoms with Crippen molar-refractivity contribution >= 4 is 35.2 Å². The lowest BCUT2D eigenvalue weighted by Gasteiger charge is -2.01. The molecule has 0 spiro atoms. The van der Waals surface area contributed by atoms with Crippen molar-refractivity contribution in [2.24, 2.45) is 0 Å². The molecule has 78 valence electrons. The second kappa shape index (κ2) is 4.25. The predicted molar refractivity (Wildman–Crippen MR) is 60.0 cm³/mol. The molecule has 1 aromatic rings. The van der Waals surface area contributed by atoms with Crippen LogP contribution in [-0.2, 0) is 9.53 Å². The van der Waals surface area contributed by atoms with Gasteiger partial charge >= 0.3 is 5.97 Å².